The maximum absolute atomic E-state index is 11.3. The van der Waals surface area contributed by atoms with Gasteiger partial charge in [0.1, 0.15) is 0 Å². The number of aryl methyl sites for hydroxylation is 2. The summed E-state index contributed by atoms with van der Waals surface area (Å²) < 4.78 is 0. The van der Waals surface area contributed by atoms with Crippen molar-refractivity contribution in [2.45, 2.75) is 18.7 Å². The molecular weight excluding hydrogens is 218 g/mol. The first kappa shape index (κ1) is 12.8. The minimum Gasteiger partial charge on any atom is -0.352 e. The summed E-state index contributed by atoms with van der Waals surface area (Å²) in [6.45, 7) is 8.25. The molecule has 0 unspecified atom stereocenters. The highest BCUT2D eigenvalue weighted by atomic mass is 32.2. The van der Waals surface area contributed by atoms with E-state index in [9.17, 15) is 4.79 Å². The summed E-state index contributed by atoms with van der Waals surface area (Å²) in [5, 5.41) is 2.75. The van der Waals surface area contributed by atoms with Crippen molar-refractivity contribution < 1.29 is 4.79 Å². The molecule has 0 atom stereocenters. The van der Waals surface area contributed by atoms with Crippen LogP contribution in [0.1, 0.15) is 11.1 Å². The molecule has 0 aliphatic carbocycles. The summed E-state index contributed by atoms with van der Waals surface area (Å²) in [5.41, 5.74) is 2.54. The van der Waals surface area contributed by atoms with Crippen molar-refractivity contribution in [1.82, 2.24) is 5.32 Å². The third-order valence-electron chi connectivity index (χ3n) is 2.29. The summed E-state index contributed by atoms with van der Waals surface area (Å²) >= 11 is 1.56. The highest BCUT2D eigenvalue weighted by Gasteiger charge is 2.02. The predicted molar refractivity (Wildman–Crippen MR) is 69.8 cm³/mol. The SMILES string of the molecule is C=CCNC(=O)CSc1ccc(C)c(C)c1. The molecular formula is C13H17NOS. The van der Waals surface area contributed by atoms with Crippen LogP contribution in [0.4, 0.5) is 0 Å². The molecule has 0 saturated carbocycles. The number of rotatable bonds is 5. The topological polar surface area (TPSA) is 29.1 Å². The van der Waals surface area contributed by atoms with Crippen molar-refractivity contribution in [3.05, 3.63) is 42.0 Å². The number of amides is 1. The molecule has 3 heteroatoms. The first-order valence-electron chi connectivity index (χ1n) is 5.21. The van der Waals surface area contributed by atoms with Crippen LogP contribution in [0.2, 0.25) is 0 Å². The standard InChI is InChI=1S/C13H17NOS/c1-4-7-14-13(15)9-16-12-6-5-10(2)11(3)8-12/h4-6,8H,1,7,9H2,2-3H3,(H,14,15). The van der Waals surface area contributed by atoms with Gasteiger partial charge in [-0.25, -0.2) is 0 Å². The van der Waals surface area contributed by atoms with Crippen molar-refractivity contribution in [3.63, 3.8) is 0 Å². The molecule has 0 bridgehead atoms. The molecule has 1 amide bonds. The Morgan fingerprint density at radius 2 is 2.19 bits per heavy atom. The van der Waals surface area contributed by atoms with E-state index in [1.54, 1.807) is 17.8 Å². The quantitative estimate of drug-likeness (QED) is 0.628. The van der Waals surface area contributed by atoms with Crippen LogP contribution >= 0.6 is 11.8 Å². The van der Waals surface area contributed by atoms with Gasteiger partial charge in [0.15, 0.2) is 0 Å². The van der Waals surface area contributed by atoms with Gasteiger partial charge in [-0.15, -0.1) is 18.3 Å². The van der Waals surface area contributed by atoms with E-state index in [0.717, 1.165) is 4.90 Å². The third-order valence-corrected chi connectivity index (χ3v) is 3.29. The summed E-state index contributed by atoms with van der Waals surface area (Å²) in [6.07, 6.45) is 1.68. The summed E-state index contributed by atoms with van der Waals surface area (Å²) in [7, 11) is 0. The number of carbonyl (C=O) groups is 1. The largest absolute Gasteiger partial charge is 0.352 e. The fourth-order valence-electron chi connectivity index (χ4n) is 1.19. The minimum atomic E-state index is 0.0446. The summed E-state index contributed by atoms with van der Waals surface area (Å²) in [4.78, 5) is 12.5. The second-order valence-electron chi connectivity index (χ2n) is 3.63. The van der Waals surface area contributed by atoms with Gasteiger partial charge in [0.25, 0.3) is 0 Å². The van der Waals surface area contributed by atoms with Crippen LogP contribution < -0.4 is 5.32 Å². The maximum atomic E-state index is 11.3. The first-order chi connectivity index (χ1) is 7.63. The van der Waals surface area contributed by atoms with Crippen molar-refractivity contribution >= 4 is 17.7 Å². The van der Waals surface area contributed by atoms with E-state index in [0.29, 0.717) is 12.3 Å². The zero-order valence-electron chi connectivity index (χ0n) is 9.75. The van der Waals surface area contributed by atoms with Gasteiger partial charge in [0.05, 0.1) is 5.75 Å². The van der Waals surface area contributed by atoms with Crippen molar-refractivity contribution in [2.75, 3.05) is 12.3 Å². The minimum absolute atomic E-state index is 0.0446. The molecule has 0 aromatic heterocycles. The Labute approximate surface area is 101 Å². The van der Waals surface area contributed by atoms with Crippen LogP contribution in [-0.4, -0.2) is 18.2 Å². The monoisotopic (exact) mass is 235 g/mol. The van der Waals surface area contributed by atoms with Crippen LogP contribution in [0.3, 0.4) is 0 Å². The van der Waals surface area contributed by atoms with E-state index in [1.807, 2.05) is 6.07 Å². The molecule has 0 heterocycles. The Balaban J connectivity index is 2.45. The van der Waals surface area contributed by atoms with Gasteiger partial charge in [-0.3, -0.25) is 4.79 Å². The molecule has 16 heavy (non-hydrogen) atoms. The lowest BCUT2D eigenvalue weighted by Crippen LogP contribution is -2.24. The van der Waals surface area contributed by atoms with Gasteiger partial charge in [-0.1, -0.05) is 12.1 Å². The zero-order valence-corrected chi connectivity index (χ0v) is 10.6. The Morgan fingerprint density at radius 1 is 1.44 bits per heavy atom. The van der Waals surface area contributed by atoms with E-state index in [-0.39, 0.29) is 5.91 Å². The average molecular weight is 235 g/mol. The van der Waals surface area contributed by atoms with E-state index in [2.05, 4.69) is 37.9 Å². The van der Waals surface area contributed by atoms with Crippen LogP contribution in [0.25, 0.3) is 0 Å². The Kier molecular flexibility index (Phi) is 5.12. The van der Waals surface area contributed by atoms with Crippen LogP contribution in [0, 0.1) is 13.8 Å². The number of hydrogen-bond acceptors (Lipinski definition) is 2. The Morgan fingerprint density at radius 3 is 2.81 bits per heavy atom. The number of carbonyl (C=O) groups excluding carboxylic acids is 1. The van der Waals surface area contributed by atoms with Crippen LogP contribution in [0.5, 0.6) is 0 Å². The molecule has 1 aromatic rings. The molecule has 86 valence electrons. The summed E-state index contributed by atoms with van der Waals surface area (Å²) in [6, 6.07) is 6.24. The number of hydrogen-bond donors (Lipinski definition) is 1. The van der Waals surface area contributed by atoms with Gasteiger partial charge in [0.2, 0.25) is 5.91 Å². The lowest BCUT2D eigenvalue weighted by atomic mass is 10.1. The lowest BCUT2D eigenvalue weighted by molar-refractivity contribution is -0.118. The number of nitrogens with one attached hydrogen (secondary N) is 1. The maximum Gasteiger partial charge on any atom is 0.230 e. The lowest BCUT2D eigenvalue weighted by Gasteiger charge is -2.05. The molecule has 2 nitrogen and oxygen atoms in total. The highest BCUT2D eigenvalue weighted by molar-refractivity contribution is 8.00. The fraction of sp³-hybridized carbons (Fsp3) is 0.308. The van der Waals surface area contributed by atoms with Crippen molar-refractivity contribution in [1.29, 1.82) is 0 Å². The van der Waals surface area contributed by atoms with E-state index < -0.39 is 0 Å². The zero-order chi connectivity index (χ0) is 12.0. The normalized spacial score (nSPS) is 9.88. The Bertz CT molecular complexity index is 388. The number of thioether (sulfide) groups is 1. The smallest absolute Gasteiger partial charge is 0.230 e. The van der Waals surface area contributed by atoms with Gasteiger partial charge in [-0.2, -0.15) is 0 Å². The molecule has 1 rings (SSSR count). The predicted octanol–water partition coefficient (Wildman–Crippen LogP) is 2.70. The van der Waals surface area contributed by atoms with Gasteiger partial charge < -0.3 is 5.32 Å². The van der Waals surface area contributed by atoms with E-state index in [1.165, 1.54) is 11.1 Å². The fourth-order valence-corrected chi connectivity index (χ4v) is 2.01. The summed E-state index contributed by atoms with van der Waals surface area (Å²) in [5.74, 6) is 0.499. The number of benzene rings is 1. The average Bonchev–Trinajstić information content (AvgIpc) is 2.28. The first-order valence-corrected chi connectivity index (χ1v) is 6.19. The second-order valence-corrected chi connectivity index (χ2v) is 4.68. The van der Waals surface area contributed by atoms with Crippen molar-refractivity contribution in [2.24, 2.45) is 0 Å². The molecule has 0 spiro atoms. The second kappa shape index (κ2) is 6.38. The van der Waals surface area contributed by atoms with Gasteiger partial charge in [0, 0.05) is 11.4 Å². The molecule has 0 aliphatic heterocycles. The third kappa shape index (κ3) is 4.11. The van der Waals surface area contributed by atoms with Gasteiger partial charge in [-0.05, 0) is 37.1 Å². The van der Waals surface area contributed by atoms with Crippen molar-refractivity contribution in [3.8, 4) is 0 Å². The molecule has 1 N–H and O–H groups in total. The van der Waals surface area contributed by atoms with Gasteiger partial charge >= 0.3 is 0 Å². The molecule has 1 aromatic carbocycles. The molecule has 0 radical (unpaired) electrons. The molecule has 0 fully saturated rings. The van der Waals surface area contributed by atoms with E-state index in [4.69, 9.17) is 0 Å². The molecule has 0 saturated heterocycles. The van der Waals surface area contributed by atoms with E-state index >= 15 is 0 Å². The Hall–Kier alpha value is -1.22. The molecule has 0 aliphatic rings. The van der Waals surface area contributed by atoms with Crippen LogP contribution in [-0.2, 0) is 4.79 Å². The van der Waals surface area contributed by atoms with Crippen LogP contribution in [0.15, 0.2) is 35.7 Å². The highest BCUT2D eigenvalue weighted by Crippen LogP contribution is 2.20.